The highest BCUT2D eigenvalue weighted by molar-refractivity contribution is 7.88. The van der Waals surface area contributed by atoms with Crippen molar-refractivity contribution in [1.82, 2.24) is 0 Å². The number of rotatable bonds is 2. The van der Waals surface area contributed by atoms with Crippen LogP contribution in [0.1, 0.15) is 6.42 Å². The maximum Gasteiger partial charge on any atom is 0.182 e. The van der Waals surface area contributed by atoms with E-state index in [4.69, 9.17) is 34.7 Å². The molecule has 4 rings (SSSR count). The molecule has 0 aliphatic heterocycles. The summed E-state index contributed by atoms with van der Waals surface area (Å²) >= 11 is 9.42. The molecule has 4 aliphatic rings. The van der Waals surface area contributed by atoms with Gasteiger partial charge >= 0.3 is 0 Å². The van der Waals surface area contributed by atoms with Crippen molar-refractivity contribution < 1.29 is 9.47 Å². The van der Waals surface area contributed by atoms with Crippen molar-refractivity contribution in [1.29, 1.82) is 0 Å². The normalized spacial score (nSPS) is 50.4. The third kappa shape index (κ3) is 1.05. The Labute approximate surface area is 119 Å². The topological polar surface area (TPSA) is 18.5 Å². The number of hydrogen-bond donors (Lipinski definition) is 2. The molecule has 0 amide bonds. The first kappa shape index (κ1) is 11.9. The molecule has 98 valence electrons. The van der Waals surface area contributed by atoms with E-state index >= 15 is 0 Å². The number of allylic oxidation sites excluding steroid dienone is 2. The second-order valence-electron chi connectivity index (χ2n) is 5.96. The fourth-order valence-electron chi connectivity index (χ4n) is 5.22. The predicted molar refractivity (Wildman–Crippen MR) is 76.4 cm³/mol. The Bertz CT molecular complexity index is 430. The maximum atomic E-state index is 5.85. The van der Waals surface area contributed by atoms with Gasteiger partial charge in [-0.25, -0.2) is 0 Å². The van der Waals surface area contributed by atoms with Gasteiger partial charge in [-0.2, -0.15) is 0 Å². The van der Waals surface area contributed by atoms with Crippen LogP contribution >= 0.6 is 25.3 Å². The summed E-state index contributed by atoms with van der Waals surface area (Å²) in [5, 5.41) is 0. The van der Waals surface area contributed by atoms with Crippen molar-refractivity contribution in [3.63, 3.8) is 0 Å². The predicted octanol–water partition coefficient (Wildman–Crippen LogP) is 2.74. The van der Waals surface area contributed by atoms with Crippen LogP contribution in [-0.4, -0.2) is 20.0 Å². The van der Waals surface area contributed by atoms with Gasteiger partial charge < -0.3 is 9.47 Å². The zero-order valence-electron chi connectivity index (χ0n) is 10.5. The molecule has 0 heterocycles. The van der Waals surface area contributed by atoms with Gasteiger partial charge in [-0.3, -0.25) is 0 Å². The highest BCUT2D eigenvalue weighted by atomic mass is 32.1. The Balaban J connectivity index is 1.88. The zero-order valence-corrected chi connectivity index (χ0v) is 12.3. The van der Waals surface area contributed by atoms with Crippen LogP contribution < -0.4 is 0 Å². The first-order valence-electron chi connectivity index (χ1n) is 6.56. The lowest BCUT2D eigenvalue weighted by molar-refractivity contribution is -0.236. The van der Waals surface area contributed by atoms with Crippen LogP contribution in [0.4, 0.5) is 0 Å². The first-order valence-corrected chi connectivity index (χ1v) is 7.45. The second kappa shape index (κ2) is 3.60. The van der Waals surface area contributed by atoms with Gasteiger partial charge in [0, 0.05) is 35.9 Å². The van der Waals surface area contributed by atoms with Gasteiger partial charge in [0.25, 0.3) is 0 Å². The van der Waals surface area contributed by atoms with Crippen LogP contribution in [0.25, 0.3) is 0 Å². The van der Waals surface area contributed by atoms with Crippen molar-refractivity contribution in [3.8, 4) is 0 Å². The van der Waals surface area contributed by atoms with Crippen molar-refractivity contribution >= 4 is 25.3 Å². The summed E-state index contributed by atoms with van der Waals surface area (Å²) in [6.07, 6.45) is 6.08. The summed E-state index contributed by atoms with van der Waals surface area (Å²) in [5.74, 6) is 2.64. The van der Waals surface area contributed by atoms with Crippen molar-refractivity contribution in [2.24, 2.45) is 35.5 Å². The van der Waals surface area contributed by atoms with Crippen molar-refractivity contribution in [3.05, 3.63) is 22.0 Å². The SMILES string of the molecule is COC1(OC)[C@@H]2C(S)=C(S)[C@H]1[C@@H]1[C@H]2[C@H]2C=C[C@@H]1C2. The molecule has 0 saturated heterocycles. The van der Waals surface area contributed by atoms with E-state index in [1.54, 1.807) is 14.2 Å². The molecule has 4 aliphatic carbocycles. The van der Waals surface area contributed by atoms with Gasteiger partial charge in [0.2, 0.25) is 0 Å². The second-order valence-corrected chi connectivity index (χ2v) is 6.92. The van der Waals surface area contributed by atoms with Crippen LogP contribution in [0.2, 0.25) is 0 Å². The van der Waals surface area contributed by atoms with Gasteiger partial charge in [-0.05, 0) is 30.1 Å². The lowest BCUT2D eigenvalue weighted by atomic mass is 9.76. The summed E-state index contributed by atoms with van der Waals surface area (Å²) < 4.78 is 11.7. The maximum absolute atomic E-state index is 5.85. The monoisotopic (exact) mass is 282 g/mol. The Morgan fingerprint density at radius 3 is 1.83 bits per heavy atom. The van der Waals surface area contributed by atoms with Crippen LogP contribution in [0.3, 0.4) is 0 Å². The third-order valence-corrected chi connectivity index (χ3v) is 6.92. The Hall–Kier alpha value is 0.1000. The largest absolute Gasteiger partial charge is 0.352 e. The fraction of sp³-hybridized carbons (Fsp3) is 0.714. The quantitative estimate of drug-likeness (QED) is 0.351. The molecule has 0 radical (unpaired) electrons. The average Bonchev–Trinajstić information content (AvgIpc) is 3.07. The van der Waals surface area contributed by atoms with Gasteiger partial charge in [0.1, 0.15) is 0 Å². The minimum absolute atomic E-state index is 0.262. The summed E-state index contributed by atoms with van der Waals surface area (Å²) in [6.45, 7) is 0. The lowest BCUT2D eigenvalue weighted by Gasteiger charge is -2.34. The van der Waals surface area contributed by atoms with Gasteiger partial charge in [0.15, 0.2) is 5.79 Å². The van der Waals surface area contributed by atoms with Gasteiger partial charge in [-0.1, -0.05) is 12.2 Å². The molecule has 2 fully saturated rings. The number of fused-ring (bicyclic) bond motifs is 9. The molecule has 0 N–H and O–H groups in total. The molecule has 0 spiro atoms. The zero-order chi connectivity index (χ0) is 12.7. The van der Waals surface area contributed by atoms with Crippen LogP contribution in [0.5, 0.6) is 0 Å². The minimum atomic E-state index is -0.521. The van der Waals surface area contributed by atoms with E-state index in [9.17, 15) is 0 Å². The summed E-state index contributed by atoms with van der Waals surface area (Å²) in [6, 6.07) is 0. The molecule has 0 aromatic rings. The fourth-order valence-corrected chi connectivity index (χ4v) is 6.21. The van der Waals surface area contributed by atoms with E-state index < -0.39 is 5.79 Å². The molecule has 6 atom stereocenters. The Morgan fingerprint density at radius 1 is 1.00 bits per heavy atom. The van der Waals surface area contributed by atoms with E-state index in [0.717, 1.165) is 9.81 Å². The van der Waals surface area contributed by atoms with Crippen LogP contribution in [0.15, 0.2) is 22.0 Å². The average molecular weight is 282 g/mol. The van der Waals surface area contributed by atoms with E-state index in [1.165, 1.54) is 6.42 Å². The summed E-state index contributed by atoms with van der Waals surface area (Å²) in [4.78, 5) is 2.18. The van der Waals surface area contributed by atoms with Crippen molar-refractivity contribution in [2.75, 3.05) is 14.2 Å². The highest BCUT2D eigenvalue weighted by Gasteiger charge is 2.72. The van der Waals surface area contributed by atoms with E-state index in [1.807, 2.05) is 0 Å². The number of methoxy groups -OCH3 is 2. The molecule has 4 heteroatoms. The third-order valence-electron chi connectivity index (χ3n) is 5.71. The number of thiol groups is 2. The lowest BCUT2D eigenvalue weighted by Crippen LogP contribution is -2.42. The molecule has 0 unspecified atom stereocenters. The van der Waals surface area contributed by atoms with Crippen LogP contribution in [-0.2, 0) is 9.47 Å². The standard InChI is InChI=1S/C14H18O2S2/c1-15-14(16-2)10-8-6-3-4-7(5-6)9(8)11(14)13(18)12(10)17/h3-4,6-11,17-18H,5H2,1-2H3/t6-,7+,8+,9-,10-,11+. The highest BCUT2D eigenvalue weighted by Crippen LogP contribution is 2.72. The molecular weight excluding hydrogens is 264 g/mol. The van der Waals surface area contributed by atoms with E-state index in [0.29, 0.717) is 23.7 Å². The molecule has 2 saturated carbocycles. The van der Waals surface area contributed by atoms with Crippen molar-refractivity contribution in [2.45, 2.75) is 12.2 Å². The summed E-state index contributed by atoms with van der Waals surface area (Å²) in [5.41, 5.74) is 0. The number of ether oxygens (including phenoxy) is 2. The molecule has 18 heavy (non-hydrogen) atoms. The molecule has 4 bridgehead atoms. The van der Waals surface area contributed by atoms with Gasteiger partial charge in [-0.15, -0.1) is 25.3 Å². The Morgan fingerprint density at radius 2 is 1.44 bits per heavy atom. The Kier molecular flexibility index (Phi) is 2.38. The van der Waals surface area contributed by atoms with E-state index in [-0.39, 0.29) is 11.8 Å². The molecule has 0 aromatic carbocycles. The molecular formula is C14H18O2S2. The smallest absolute Gasteiger partial charge is 0.182 e. The van der Waals surface area contributed by atoms with Crippen LogP contribution in [0, 0.1) is 35.5 Å². The minimum Gasteiger partial charge on any atom is -0.352 e. The van der Waals surface area contributed by atoms with Gasteiger partial charge in [0.05, 0.1) is 0 Å². The number of hydrogen-bond acceptors (Lipinski definition) is 4. The molecule has 0 aromatic heterocycles. The first-order chi connectivity index (χ1) is 8.65. The molecule has 2 nitrogen and oxygen atoms in total. The van der Waals surface area contributed by atoms with E-state index in [2.05, 4.69) is 12.2 Å². The summed E-state index contributed by atoms with van der Waals surface area (Å²) in [7, 11) is 3.51.